The van der Waals surface area contributed by atoms with Gasteiger partial charge in [0.1, 0.15) is 5.69 Å². The van der Waals surface area contributed by atoms with Gasteiger partial charge in [0.25, 0.3) is 5.82 Å². The van der Waals surface area contributed by atoms with E-state index in [0.717, 1.165) is 12.1 Å². The third-order valence-corrected chi connectivity index (χ3v) is 2.19. The fourth-order valence-corrected chi connectivity index (χ4v) is 1.23. The second-order valence-electron chi connectivity index (χ2n) is 4.32. The minimum Gasteiger partial charge on any atom is -0.298 e. The molecule has 0 saturated carbocycles. The van der Waals surface area contributed by atoms with Crippen LogP contribution in [0.3, 0.4) is 0 Å². The van der Waals surface area contributed by atoms with Crippen molar-refractivity contribution in [1.82, 2.24) is 4.48 Å². The first-order chi connectivity index (χ1) is 7.64. The molecular weight excluding hydrogens is 233 g/mol. The minimum atomic E-state index is -1.42. The van der Waals surface area contributed by atoms with E-state index in [9.17, 15) is 24.6 Å². The van der Waals surface area contributed by atoms with Gasteiger partial charge in [0, 0.05) is 0 Å². The summed E-state index contributed by atoms with van der Waals surface area (Å²) in [5.41, 5.74) is -1.49. The van der Waals surface area contributed by atoms with Crippen molar-refractivity contribution in [3.05, 3.63) is 38.2 Å². The Morgan fingerprint density at radius 3 is 1.65 bits per heavy atom. The molecule has 0 aliphatic heterocycles. The van der Waals surface area contributed by atoms with Gasteiger partial charge in [-0.25, -0.2) is 0 Å². The Kier molecular flexibility index (Phi) is 3.10. The lowest BCUT2D eigenvalue weighted by Gasteiger charge is -2.22. The summed E-state index contributed by atoms with van der Waals surface area (Å²) in [5.74, 6) is -1.42. The molecule has 0 aliphatic rings. The van der Waals surface area contributed by atoms with Gasteiger partial charge < -0.3 is 0 Å². The molecule has 1 aromatic rings. The monoisotopic (exact) mass is 244 g/mol. The first-order valence-corrected chi connectivity index (χ1v) is 4.59. The van der Waals surface area contributed by atoms with Crippen molar-refractivity contribution >= 4 is 17.1 Å². The molecule has 0 amide bonds. The predicted octanol–water partition coefficient (Wildman–Crippen LogP) is 1.84. The third kappa shape index (κ3) is 2.53. The molecule has 0 radical (unpaired) electrons. The molecule has 17 heavy (non-hydrogen) atoms. The van der Waals surface area contributed by atoms with E-state index in [0.29, 0.717) is 0 Å². The Balaban J connectivity index is 3.59. The van der Waals surface area contributed by atoms with Gasteiger partial charge in [-0.05, 0) is 0 Å². The number of hydrogen-bond acceptors (Lipinski definition) is 4. The number of nitrogens with zero attached hydrogens (tertiary/aromatic N) is 3. The first kappa shape index (κ1) is 13.0. The standard InChI is InChI=1S/C9H11FN3O4/c1-13(2,3)6-4-7(11(14)15)9(10)8(5-6)12(16)17/h4-5H,1-3H3/q+1. The lowest BCUT2D eigenvalue weighted by molar-refractivity contribution is -0.399. The Morgan fingerprint density at radius 1 is 1.06 bits per heavy atom. The quantitative estimate of drug-likeness (QED) is 0.461. The molecule has 0 unspecified atom stereocenters. The zero-order valence-electron chi connectivity index (χ0n) is 9.51. The van der Waals surface area contributed by atoms with Crippen LogP contribution < -0.4 is 4.48 Å². The summed E-state index contributed by atoms with van der Waals surface area (Å²) in [7, 11) is 5.00. The van der Waals surface area contributed by atoms with Crippen molar-refractivity contribution in [3.8, 4) is 0 Å². The summed E-state index contributed by atoms with van der Waals surface area (Å²) in [6.45, 7) is 0. The van der Waals surface area contributed by atoms with Crippen molar-refractivity contribution in [2.75, 3.05) is 21.1 Å². The average molecular weight is 244 g/mol. The van der Waals surface area contributed by atoms with Crippen molar-refractivity contribution in [2.24, 2.45) is 0 Å². The SMILES string of the molecule is C[N+](C)(C)c1cc([N+](=O)[O-])c(F)c([N+](=O)[O-])c1. The fraction of sp³-hybridized carbons (Fsp3) is 0.333. The van der Waals surface area contributed by atoms with Gasteiger partial charge in [-0.15, -0.1) is 0 Å². The Hall–Kier alpha value is -2.09. The maximum absolute atomic E-state index is 13.5. The van der Waals surface area contributed by atoms with E-state index < -0.39 is 27.0 Å². The van der Waals surface area contributed by atoms with Crippen LogP contribution in [0.1, 0.15) is 0 Å². The van der Waals surface area contributed by atoms with E-state index in [4.69, 9.17) is 0 Å². The molecule has 0 aromatic heterocycles. The highest BCUT2D eigenvalue weighted by molar-refractivity contribution is 5.59. The van der Waals surface area contributed by atoms with Gasteiger partial charge in [0.15, 0.2) is 0 Å². The van der Waals surface area contributed by atoms with E-state index in [-0.39, 0.29) is 10.2 Å². The average Bonchev–Trinajstić information content (AvgIpc) is 2.14. The molecule has 0 bridgehead atoms. The summed E-state index contributed by atoms with van der Waals surface area (Å²) in [5, 5.41) is 21.2. The smallest absolute Gasteiger partial charge is 0.298 e. The largest absolute Gasteiger partial charge is 0.317 e. The highest BCUT2D eigenvalue weighted by Gasteiger charge is 2.31. The van der Waals surface area contributed by atoms with Crippen molar-refractivity contribution < 1.29 is 14.2 Å². The number of hydrogen-bond donors (Lipinski definition) is 0. The van der Waals surface area contributed by atoms with Gasteiger partial charge in [-0.1, -0.05) is 0 Å². The van der Waals surface area contributed by atoms with Gasteiger partial charge in [0.2, 0.25) is 0 Å². The Labute approximate surface area is 96.0 Å². The zero-order chi connectivity index (χ0) is 13.4. The van der Waals surface area contributed by atoms with Crippen LogP contribution in [0.4, 0.5) is 21.5 Å². The van der Waals surface area contributed by atoms with Crippen LogP contribution in [0.2, 0.25) is 0 Å². The van der Waals surface area contributed by atoms with Crippen molar-refractivity contribution in [1.29, 1.82) is 0 Å². The Morgan fingerprint density at radius 2 is 1.41 bits per heavy atom. The number of halogens is 1. The molecule has 0 N–H and O–H groups in total. The van der Waals surface area contributed by atoms with E-state index in [1.165, 1.54) is 0 Å². The highest BCUT2D eigenvalue weighted by atomic mass is 19.1. The van der Waals surface area contributed by atoms with Gasteiger partial charge in [0.05, 0.1) is 43.1 Å². The molecule has 1 aromatic carbocycles. The summed E-state index contributed by atoms with van der Waals surface area (Å²) in [6, 6.07) is 2.00. The molecule has 7 nitrogen and oxygen atoms in total. The maximum Gasteiger partial charge on any atom is 0.317 e. The zero-order valence-corrected chi connectivity index (χ0v) is 9.51. The second-order valence-corrected chi connectivity index (χ2v) is 4.32. The maximum atomic E-state index is 13.5. The minimum absolute atomic E-state index is 0.113. The lowest BCUT2D eigenvalue weighted by atomic mass is 10.2. The van der Waals surface area contributed by atoms with E-state index in [1.807, 2.05) is 0 Å². The summed E-state index contributed by atoms with van der Waals surface area (Å²) in [4.78, 5) is 19.3. The van der Waals surface area contributed by atoms with Crippen LogP contribution in [0.5, 0.6) is 0 Å². The number of benzene rings is 1. The summed E-state index contributed by atoms with van der Waals surface area (Å²) < 4.78 is 13.6. The van der Waals surface area contributed by atoms with Crippen LogP contribution in [0, 0.1) is 26.0 Å². The number of quaternary nitrogens is 1. The lowest BCUT2D eigenvalue weighted by Crippen LogP contribution is -2.34. The molecule has 0 spiro atoms. The summed E-state index contributed by atoms with van der Waals surface area (Å²) in [6.07, 6.45) is 0. The summed E-state index contributed by atoms with van der Waals surface area (Å²) >= 11 is 0. The van der Waals surface area contributed by atoms with Crippen LogP contribution in [0.25, 0.3) is 0 Å². The topological polar surface area (TPSA) is 86.3 Å². The van der Waals surface area contributed by atoms with Crippen molar-refractivity contribution in [3.63, 3.8) is 0 Å². The first-order valence-electron chi connectivity index (χ1n) is 4.59. The van der Waals surface area contributed by atoms with Crippen LogP contribution in [-0.2, 0) is 0 Å². The molecule has 8 heteroatoms. The number of rotatable bonds is 3. The molecule has 0 fully saturated rings. The second kappa shape index (κ2) is 4.06. The van der Waals surface area contributed by atoms with Crippen LogP contribution in [0.15, 0.2) is 12.1 Å². The Bertz CT molecular complexity index is 460. The molecule has 92 valence electrons. The van der Waals surface area contributed by atoms with Gasteiger partial charge >= 0.3 is 11.4 Å². The van der Waals surface area contributed by atoms with E-state index >= 15 is 0 Å². The van der Waals surface area contributed by atoms with Gasteiger partial charge in [-0.2, -0.15) is 4.39 Å². The van der Waals surface area contributed by atoms with E-state index in [2.05, 4.69) is 0 Å². The van der Waals surface area contributed by atoms with Crippen LogP contribution in [-0.4, -0.2) is 31.0 Å². The third-order valence-electron chi connectivity index (χ3n) is 2.19. The highest BCUT2D eigenvalue weighted by Crippen LogP contribution is 2.33. The van der Waals surface area contributed by atoms with Crippen molar-refractivity contribution in [2.45, 2.75) is 0 Å². The number of nitro groups is 2. The van der Waals surface area contributed by atoms with Crippen LogP contribution >= 0.6 is 0 Å². The molecule has 0 saturated heterocycles. The normalized spacial score (nSPS) is 11.3. The van der Waals surface area contributed by atoms with E-state index in [1.54, 1.807) is 21.1 Å². The molecular formula is C9H11FN3O4+. The number of nitro benzene ring substituents is 2. The fourth-order valence-electron chi connectivity index (χ4n) is 1.23. The van der Waals surface area contributed by atoms with Gasteiger partial charge in [-0.3, -0.25) is 24.7 Å². The molecule has 0 atom stereocenters. The molecule has 0 aliphatic carbocycles. The molecule has 1 rings (SSSR count). The predicted molar refractivity (Wildman–Crippen MR) is 59.3 cm³/mol. The molecule has 0 heterocycles.